The molecule has 0 saturated heterocycles. The number of halogens is 4. The largest absolute Gasteiger partial charge is 0.341 e. The lowest BCUT2D eigenvalue weighted by molar-refractivity contribution is 0.317. The van der Waals surface area contributed by atoms with Gasteiger partial charge in [-0.15, -0.1) is 49.6 Å². The van der Waals surface area contributed by atoms with Crippen molar-refractivity contribution in [2.45, 2.75) is 46.7 Å². The van der Waals surface area contributed by atoms with E-state index in [0.29, 0.717) is 5.92 Å². The van der Waals surface area contributed by atoms with Gasteiger partial charge in [-0.05, 0) is 33.6 Å². The number of H-pyrrole nitrogens is 2. The van der Waals surface area contributed by atoms with Gasteiger partial charge in [0.15, 0.2) is 0 Å². The number of benzene rings is 2. The van der Waals surface area contributed by atoms with Crippen LogP contribution < -0.4 is 11.5 Å². The number of imidazole rings is 2. The number of hydrogen-bond acceptors (Lipinski definition) is 4. The van der Waals surface area contributed by atoms with E-state index in [2.05, 4.69) is 103 Å². The van der Waals surface area contributed by atoms with Gasteiger partial charge in [-0.2, -0.15) is 0 Å². The molecule has 2 aromatic carbocycles. The second-order valence-electron chi connectivity index (χ2n) is 10.1. The minimum Gasteiger partial charge on any atom is -0.341 e. The lowest BCUT2D eigenvalue weighted by Crippen LogP contribution is -2.27. The van der Waals surface area contributed by atoms with Gasteiger partial charge in [-0.1, -0.05) is 83.1 Å². The van der Waals surface area contributed by atoms with Crippen LogP contribution in [-0.2, 0) is 0 Å². The molecule has 0 fully saturated rings. The molecule has 6 nitrogen and oxygen atoms in total. The van der Waals surface area contributed by atoms with Crippen LogP contribution in [0.1, 0.15) is 58.4 Å². The molecule has 2 aromatic heterocycles. The molecule has 6 N–H and O–H groups in total. The van der Waals surface area contributed by atoms with Crippen LogP contribution >= 0.6 is 49.6 Å². The van der Waals surface area contributed by atoms with E-state index in [1.807, 2.05) is 12.4 Å². The van der Waals surface area contributed by atoms with E-state index in [1.54, 1.807) is 0 Å². The Labute approximate surface area is 244 Å². The standard InChI is InChI=1S/C27H34N6.4ClH/c1-16(2)23(28)25-30-14-21(32-25)19-10-6-17(7-11-19)18-8-12-20(13-9-18)22-15-31-26(33-22)24(29)27(3,4)5;;;;/h6-16,23-24H,28-29H2,1-5H3,(H,30,32)(H,31,33);4*1H/t23-,24+;;;;/m0..../s1. The van der Waals surface area contributed by atoms with Crippen molar-refractivity contribution in [1.29, 1.82) is 0 Å². The quantitative estimate of drug-likeness (QED) is 0.187. The van der Waals surface area contributed by atoms with Crippen LogP contribution in [0, 0.1) is 11.3 Å². The molecule has 37 heavy (non-hydrogen) atoms. The zero-order chi connectivity index (χ0) is 23.8. The van der Waals surface area contributed by atoms with Crippen LogP contribution in [-0.4, -0.2) is 19.9 Å². The van der Waals surface area contributed by atoms with Gasteiger partial charge >= 0.3 is 0 Å². The molecule has 0 saturated carbocycles. The SMILES string of the molecule is CC(C)[C@H](N)c1ncc(-c2ccc(-c3ccc(-c4cnc([C@@H](N)C(C)(C)C)[nH]4)cc3)cc2)[nH]1.Cl.Cl.Cl.Cl. The van der Waals surface area contributed by atoms with Gasteiger partial charge < -0.3 is 21.4 Å². The summed E-state index contributed by atoms with van der Waals surface area (Å²) >= 11 is 0. The summed E-state index contributed by atoms with van der Waals surface area (Å²) in [6.07, 6.45) is 3.71. The van der Waals surface area contributed by atoms with Crippen LogP contribution in [0.4, 0.5) is 0 Å². The topological polar surface area (TPSA) is 109 Å². The summed E-state index contributed by atoms with van der Waals surface area (Å²) in [6.45, 7) is 10.5. The molecule has 0 bridgehead atoms. The fourth-order valence-corrected chi connectivity index (χ4v) is 3.70. The molecule has 0 amide bonds. The number of nitrogens with two attached hydrogens (primary N) is 2. The summed E-state index contributed by atoms with van der Waals surface area (Å²) in [5.41, 5.74) is 18.9. The normalized spacial score (nSPS) is 12.4. The van der Waals surface area contributed by atoms with E-state index in [-0.39, 0.29) is 67.1 Å². The summed E-state index contributed by atoms with van der Waals surface area (Å²) in [7, 11) is 0. The van der Waals surface area contributed by atoms with Gasteiger partial charge in [0.05, 0.1) is 35.9 Å². The maximum absolute atomic E-state index is 6.34. The van der Waals surface area contributed by atoms with Crippen molar-refractivity contribution >= 4 is 49.6 Å². The van der Waals surface area contributed by atoms with Gasteiger partial charge in [0, 0.05) is 0 Å². The van der Waals surface area contributed by atoms with Gasteiger partial charge in [0.25, 0.3) is 0 Å². The Hall–Kier alpha value is -2.06. The molecule has 2 atom stereocenters. The Morgan fingerprint density at radius 3 is 1.35 bits per heavy atom. The first-order valence-electron chi connectivity index (χ1n) is 11.5. The monoisotopic (exact) mass is 586 g/mol. The number of hydrogen-bond donors (Lipinski definition) is 4. The van der Waals surface area contributed by atoms with E-state index < -0.39 is 0 Å². The minimum atomic E-state index is -0.143. The molecule has 2 heterocycles. The third-order valence-corrected chi connectivity index (χ3v) is 6.18. The smallest absolute Gasteiger partial charge is 0.124 e. The van der Waals surface area contributed by atoms with Crippen molar-refractivity contribution in [2.24, 2.45) is 22.8 Å². The minimum absolute atomic E-state index is 0. The van der Waals surface area contributed by atoms with Crippen molar-refractivity contribution in [3.63, 3.8) is 0 Å². The summed E-state index contributed by atoms with van der Waals surface area (Å²) in [5, 5.41) is 0. The van der Waals surface area contributed by atoms with Gasteiger partial charge in [-0.3, -0.25) is 0 Å². The average Bonchev–Trinajstić information content (AvgIpc) is 3.48. The Bertz CT molecular complexity index is 1210. The molecule has 4 rings (SSSR count). The Morgan fingerprint density at radius 1 is 0.622 bits per heavy atom. The molecule has 0 aliphatic heterocycles. The van der Waals surface area contributed by atoms with Crippen molar-refractivity contribution in [3.05, 3.63) is 72.6 Å². The second-order valence-corrected chi connectivity index (χ2v) is 10.1. The van der Waals surface area contributed by atoms with Crippen molar-refractivity contribution in [2.75, 3.05) is 0 Å². The zero-order valence-corrected chi connectivity index (χ0v) is 25.0. The maximum atomic E-state index is 6.34. The Morgan fingerprint density at radius 2 is 0.973 bits per heavy atom. The van der Waals surface area contributed by atoms with Crippen LogP contribution in [0.5, 0.6) is 0 Å². The van der Waals surface area contributed by atoms with Crippen LogP contribution in [0.3, 0.4) is 0 Å². The van der Waals surface area contributed by atoms with E-state index in [9.17, 15) is 0 Å². The highest BCUT2D eigenvalue weighted by molar-refractivity contribution is 5.86. The molecule has 0 aliphatic rings. The molecule has 0 radical (unpaired) electrons. The highest BCUT2D eigenvalue weighted by Crippen LogP contribution is 2.31. The third kappa shape index (κ3) is 7.96. The summed E-state index contributed by atoms with van der Waals surface area (Å²) in [5.74, 6) is 1.97. The number of aromatic amines is 2. The van der Waals surface area contributed by atoms with Crippen molar-refractivity contribution < 1.29 is 0 Å². The van der Waals surface area contributed by atoms with Gasteiger partial charge in [0.1, 0.15) is 11.6 Å². The fraction of sp³-hybridized carbons (Fsp3) is 0.333. The fourth-order valence-electron chi connectivity index (χ4n) is 3.70. The van der Waals surface area contributed by atoms with Crippen molar-refractivity contribution in [3.8, 4) is 33.6 Å². The molecule has 0 unspecified atom stereocenters. The molecule has 0 spiro atoms. The van der Waals surface area contributed by atoms with Gasteiger partial charge in [0.2, 0.25) is 0 Å². The highest BCUT2D eigenvalue weighted by atomic mass is 35.5. The summed E-state index contributed by atoms with van der Waals surface area (Å²) in [6, 6.07) is 16.7. The van der Waals surface area contributed by atoms with Crippen LogP contribution in [0.2, 0.25) is 0 Å². The van der Waals surface area contributed by atoms with E-state index in [4.69, 9.17) is 11.5 Å². The van der Waals surface area contributed by atoms with Gasteiger partial charge in [-0.25, -0.2) is 9.97 Å². The predicted molar refractivity (Wildman–Crippen MR) is 164 cm³/mol. The number of nitrogens with one attached hydrogen (secondary N) is 2. The number of aromatic nitrogens is 4. The molecule has 204 valence electrons. The lowest BCUT2D eigenvalue weighted by Gasteiger charge is -2.24. The van der Waals surface area contributed by atoms with E-state index in [1.165, 1.54) is 0 Å². The average molecular weight is 588 g/mol. The predicted octanol–water partition coefficient (Wildman–Crippen LogP) is 7.52. The molecular weight excluding hydrogens is 550 g/mol. The van der Waals surface area contributed by atoms with E-state index >= 15 is 0 Å². The molecule has 10 heteroatoms. The van der Waals surface area contributed by atoms with E-state index in [0.717, 1.165) is 45.3 Å². The maximum Gasteiger partial charge on any atom is 0.124 e. The lowest BCUT2D eigenvalue weighted by atomic mass is 9.87. The highest BCUT2D eigenvalue weighted by Gasteiger charge is 2.25. The molecule has 4 aromatic rings. The Kier molecular flexibility index (Phi) is 13.4. The molecular formula is C27H38Cl4N6. The number of nitrogens with zero attached hydrogens (tertiary/aromatic N) is 2. The first kappa shape index (κ1) is 34.9. The first-order chi connectivity index (χ1) is 15.6. The number of rotatable bonds is 6. The first-order valence-corrected chi connectivity index (χ1v) is 11.5. The Balaban J connectivity index is 0.00000324. The zero-order valence-electron chi connectivity index (χ0n) is 21.7. The third-order valence-electron chi connectivity index (χ3n) is 6.18. The van der Waals surface area contributed by atoms with Crippen LogP contribution in [0.25, 0.3) is 33.6 Å². The molecule has 0 aliphatic carbocycles. The van der Waals surface area contributed by atoms with Crippen molar-refractivity contribution in [1.82, 2.24) is 19.9 Å². The van der Waals surface area contributed by atoms with Crippen LogP contribution in [0.15, 0.2) is 60.9 Å². The second kappa shape index (κ2) is 14.2. The summed E-state index contributed by atoms with van der Waals surface area (Å²) < 4.78 is 0. The summed E-state index contributed by atoms with van der Waals surface area (Å²) in [4.78, 5) is 15.7.